The standard InChI is InChI=1S/C24H25Cl2N5O2/c1-29-21-20(22(32)30(2)24(29)33)31(15-17-14-18(25)11-12-19(17)26)23(28-21)27-13-7-6-10-16-8-4-3-5-9-16/h3-5,8-9,11-12,14H,6-7,10,13,15H2,1-2H3,(H,27,28). The van der Waals surface area contributed by atoms with Gasteiger partial charge in [-0.15, -0.1) is 0 Å². The SMILES string of the molecule is Cn1c(=O)c2c(nc(NCCCCc3ccccc3)n2Cc2cc(Cl)ccc2Cl)n(C)c1=O. The predicted molar refractivity (Wildman–Crippen MR) is 134 cm³/mol. The molecule has 0 aliphatic carbocycles. The van der Waals surface area contributed by atoms with E-state index in [2.05, 4.69) is 22.4 Å². The van der Waals surface area contributed by atoms with Crippen molar-refractivity contribution in [1.29, 1.82) is 0 Å². The minimum Gasteiger partial charge on any atom is -0.356 e. The molecule has 0 aliphatic rings. The highest BCUT2D eigenvalue weighted by Crippen LogP contribution is 2.25. The number of hydrogen-bond acceptors (Lipinski definition) is 4. The van der Waals surface area contributed by atoms with Crippen molar-refractivity contribution < 1.29 is 0 Å². The summed E-state index contributed by atoms with van der Waals surface area (Å²) in [5.74, 6) is 0.513. The predicted octanol–water partition coefficient (Wildman–Crippen LogP) is 4.22. The zero-order chi connectivity index (χ0) is 23.5. The van der Waals surface area contributed by atoms with E-state index in [-0.39, 0.29) is 6.54 Å². The summed E-state index contributed by atoms with van der Waals surface area (Å²) in [7, 11) is 3.07. The van der Waals surface area contributed by atoms with Crippen molar-refractivity contribution in [3.8, 4) is 0 Å². The first-order chi connectivity index (χ1) is 15.9. The number of rotatable bonds is 8. The second kappa shape index (κ2) is 9.85. The molecule has 2 heterocycles. The molecule has 0 fully saturated rings. The highest BCUT2D eigenvalue weighted by Gasteiger charge is 2.20. The molecule has 0 aliphatic heterocycles. The molecule has 0 bridgehead atoms. The first kappa shape index (κ1) is 23.1. The van der Waals surface area contributed by atoms with Crippen molar-refractivity contribution in [2.24, 2.45) is 14.1 Å². The van der Waals surface area contributed by atoms with E-state index in [4.69, 9.17) is 23.2 Å². The first-order valence-electron chi connectivity index (χ1n) is 10.7. The third-order valence-electron chi connectivity index (χ3n) is 5.70. The fourth-order valence-corrected chi connectivity index (χ4v) is 4.24. The molecule has 7 nitrogen and oxygen atoms in total. The van der Waals surface area contributed by atoms with Crippen LogP contribution in [0.3, 0.4) is 0 Å². The minimum atomic E-state index is -0.424. The summed E-state index contributed by atoms with van der Waals surface area (Å²) in [6.07, 6.45) is 2.93. The van der Waals surface area contributed by atoms with Crippen LogP contribution in [-0.2, 0) is 27.1 Å². The molecule has 4 aromatic rings. The van der Waals surface area contributed by atoms with Crippen molar-refractivity contribution in [2.45, 2.75) is 25.8 Å². The summed E-state index contributed by atoms with van der Waals surface area (Å²) < 4.78 is 4.24. The zero-order valence-electron chi connectivity index (χ0n) is 18.5. The van der Waals surface area contributed by atoms with Crippen molar-refractivity contribution in [2.75, 3.05) is 11.9 Å². The van der Waals surface area contributed by atoms with Gasteiger partial charge in [0, 0.05) is 30.7 Å². The lowest BCUT2D eigenvalue weighted by Gasteiger charge is -2.12. The number of imidazole rings is 1. The van der Waals surface area contributed by atoms with Gasteiger partial charge in [0.25, 0.3) is 5.56 Å². The number of aryl methyl sites for hydroxylation is 2. The highest BCUT2D eigenvalue weighted by molar-refractivity contribution is 6.33. The Hall–Kier alpha value is -3.03. The lowest BCUT2D eigenvalue weighted by molar-refractivity contribution is 0.702. The maximum atomic E-state index is 13.0. The molecule has 9 heteroatoms. The van der Waals surface area contributed by atoms with Gasteiger partial charge in [0.1, 0.15) is 0 Å². The van der Waals surface area contributed by atoms with Gasteiger partial charge in [-0.2, -0.15) is 4.98 Å². The minimum absolute atomic E-state index is 0.287. The van der Waals surface area contributed by atoms with E-state index in [1.807, 2.05) is 18.2 Å². The molecule has 4 rings (SSSR count). The van der Waals surface area contributed by atoms with Crippen LogP contribution < -0.4 is 16.6 Å². The Morgan fingerprint density at radius 3 is 2.48 bits per heavy atom. The molecule has 2 aromatic heterocycles. The average molecular weight is 486 g/mol. The Kier molecular flexibility index (Phi) is 6.91. The van der Waals surface area contributed by atoms with Crippen LogP contribution in [0, 0.1) is 0 Å². The normalized spacial score (nSPS) is 11.3. The number of benzene rings is 2. The third kappa shape index (κ3) is 4.84. The summed E-state index contributed by atoms with van der Waals surface area (Å²) in [4.78, 5) is 30.0. The van der Waals surface area contributed by atoms with E-state index in [1.54, 1.807) is 29.8 Å². The molecule has 0 atom stereocenters. The molecule has 33 heavy (non-hydrogen) atoms. The van der Waals surface area contributed by atoms with Crippen molar-refractivity contribution in [3.05, 3.63) is 90.5 Å². The summed E-state index contributed by atoms with van der Waals surface area (Å²) in [6, 6.07) is 15.6. The third-order valence-corrected chi connectivity index (χ3v) is 6.31. The van der Waals surface area contributed by atoms with E-state index >= 15 is 0 Å². The van der Waals surface area contributed by atoms with Crippen LogP contribution >= 0.6 is 23.2 Å². The van der Waals surface area contributed by atoms with Gasteiger partial charge >= 0.3 is 5.69 Å². The molecule has 0 unspecified atom stereocenters. The number of anilines is 1. The lowest BCUT2D eigenvalue weighted by Crippen LogP contribution is -2.37. The van der Waals surface area contributed by atoms with Gasteiger partial charge in [0.15, 0.2) is 11.2 Å². The van der Waals surface area contributed by atoms with Crippen molar-refractivity contribution in [3.63, 3.8) is 0 Å². The van der Waals surface area contributed by atoms with Crippen molar-refractivity contribution >= 4 is 40.3 Å². The van der Waals surface area contributed by atoms with Gasteiger partial charge < -0.3 is 5.32 Å². The van der Waals surface area contributed by atoms with Crippen LogP contribution in [0.2, 0.25) is 10.0 Å². The Morgan fingerprint density at radius 1 is 0.970 bits per heavy atom. The van der Waals surface area contributed by atoms with Crippen molar-refractivity contribution in [1.82, 2.24) is 18.7 Å². The molecule has 0 radical (unpaired) electrons. The number of halogens is 2. The number of hydrogen-bond donors (Lipinski definition) is 1. The second-order valence-electron chi connectivity index (χ2n) is 8.00. The Labute approximate surface area is 201 Å². The quantitative estimate of drug-likeness (QED) is 0.379. The summed E-state index contributed by atoms with van der Waals surface area (Å²) in [5.41, 5.74) is 1.89. The van der Waals surface area contributed by atoms with E-state index in [1.165, 1.54) is 17.2 Å². The van der Waals surface area contributed by atoms with Crippen LogP contribution in [0.5, 0.6) is 0 Å². The lowest BCUT2D eigenvalue weighted by atomic mass is 10.1. The molecule has 0 saturated carbocycles. The number of unbranched alkanes of at least 4 members (excludes halogenated alkanes) is 1. The van der Waals surface area contributed by atoms with Gasteiger partial charge in [0.2, 0.25) is 5.95 Å². The number of nitrogens with one attached hydrogen (secondary N) is 1. The fourth-order valence-electron chi connectivity index (χ4n) is 3.87. The zero-order valence-corrected chi connectivity index (χ0v) is 20.0. The van der Waals surface area contributed by atoms with Gasteiger partial charge in [-0.3, -0.25) is 18.5 Å². The maximum absolute atomic E-state index is 13.0. The summed E-state index contributed by atoms with van der Waals surface area (Å²) >= 11 is 12.6. The molecular formula is C24H25Cl2N5O2. The largest absolute Gasteiger partial charge is 0.356 e. The maximum Gasteiger partial charge on any atom is 0.332 e. The van der Waals surface area contributed by atoms with Crippen LogP contribution in [-0.4, -0.2) is 25.2 Å². The van der Waals surface area contributed by atoms with E-state index < -0.39 is 11.2 Å². The topological polar surface area (TPSA) is 73.8 Å². The molecule has 0 saturated heterocycles. The molecule has 172 valence electrons. The van der Waals surface area contributed by atoms with E-state index in [0.717, 1.165) is 29.4 Å². The van der Waals surface area contributed by atoms with Crippen LogP contribution in [0.1, 0.15) is 24.0 Å². The Bertz CT molecular complexity index is 1410. The fraction of sp³-hybridized carbons (Fsp3) is 0.292. The van der Waals surface area contributed by atoms with Gasteiger partial charge in [0.05, 0.1) is 6.54 Å². The first-order valence-corrected chi connectivity index (χ1v) is 11.5. The molecule has 0 amide bonds. The van der Waals surface area contributed by atoms with E-state index in [9.17, 15) is 9.59 Å². The summed E-state index contributed by atoms with van der Waals surface area (Å²) in [6.45, 7) is 0.962. The second-order valence-corrected chi connectivity index (χ2v) is 8.85. The molecule has 0 spiro atoms. The monoisotopic (exact) mass is 485 g/mol. The van der Waals surface area contributed by atoms with Crippen LogP contribution in [0.15, 0.2) is 58.1 Å². The van der Waals surface area contributed by atoms with Crippen LogP contribution in [0.25, 0.3) is 11.2 Å². The van der Waals surface area contributed by atoms with Gasteiger partial charge in [-0.25, -0.2) is 4.79 Å². The van der Waals surface area contributed by atoms with Gasteiger partial charge in [-0.05, 0) is 48.6 Å². The number of fused-ring (bicyclic) bond motifs is 1. The van der Waals surface area contributed by atoms with E-state index in [0.29, 0.717) is 33.7 Å². The smallest absolute Gasteiger partial charge is 0.332 e. The number of aromatic nitrogens is 4. The Balaban J connectivity index is 1.64. The van der Waals surface area contributed by atoms with Gasteiger partial charge in [-0.1, -0.05) is 53.5 Å². The molecule has 1 N–H and O–H groups in total. The number of nitrogens with zero attached hydrogens (tertiary/aromatic N) is 4. The van der Waals surface area contributed by atoms with Crippen LogP contribution in [0.4, 0.5) is 5.95 Å². The Morgan fingerprint density at radius 2 is 1.73 bits per heavy atom. The molecular weight excluding hydrogens is 461 g/mol. The summed E-state index contributed by atoms with van der Waals surface area (Å²) in [5, 5.41) is 4.44. The highest BCUT2D eigenvalue weighted by atomic mass is 35.5. The average Bonchev–Trinajstić information content (AvgIpc) is 3.17. The molecule has 2 aromatic carbocycles.